The number of imidazole rings is 1. The number of hydrogen-bond acceptors (Lipinski definition) is 9. The molecule has 9 nitrogen and oxygen atoms in total. The summed E-state index contributed by atoms with van der Waals surface area (Å²) in [5.74, 6) is -0.331. The van der Waals surface area contributed by atoms with Gasteiger partial charge in [0.15, 0.2) is 10.1 Å². The fourth-order valence-electron chi connectivity index (χ4n) is 5.17. The molecule has 4 heterocycles. The predicted octanol–water partition coefficient (Wildman–Crippen LogP) is 7.49. The van der Waals surface area contributed by atoms with Gasteiger partial charge in [-0.05, 0) is 60.7 Å². The zero-order chi connectivity index (χ0) is 31.7. The lowest BCUT2D eigenvalue weighted by atomic mass is 9.96. The molecule has 0 spiro atoms. The van der Waals surface area contributed by atoms with Gasteiger partial charge in [-0.3, -0.25) is 18.9 Å². The molecule has 0 saturated carbocycles. The van der Waals surface area contributed by atoms with Crippen molar-refractivity contribution in [2.45, 2.75) is 43.3 Å². The molecule has 1 fully saturated rings. The third-order valence-electron chi connectivity index (χ3n) is 7.42. The summed E-state index contributed by atoms with van der Waals surface area (Å²) in [5.41, 5.74) is 2.93. The number of carbonyl (C=O) groups excluding carboxylic acids is 2. The van der Waals surface area contributed by atoms with Crippen molar-refractivity contribution in [3.05, 3.63) is 106 Å². The number of Topliss-reactive ketones (excluding diaryl/α,β-unsaturated/α-hetero) is 1. The Bertz CT molecular complexity index is 1940. The van der Waals surface area contributed by atoms with Crippen LogP contribution < -0.4 is 9.64 Å². The predicted molar refractivity (Wildman–Crippen MR) is 177 cm³/mol. The van der Waals surface area contributed by atoms with E-state index in [4.69, 9.17) is 16.3 Å². The lowest BCUT2D eigenvalue weighted by Crippen LogP contribution is -2.29. The van der Waals surface area contributed by atoms with Gasteiger partial charge in [-0.2, -0.15) is 0 Å². The Morgan fingerprint density at radius 3 is 2.69 bits per heavy atom. The van der Waals surface area contributed by atoms with Gasteiger partial charge in [0.25, 0.3) is 5.78 Å². The molecule has 230 valence electrons. The van der Waals surface area contributed by atoms with Crippen molar-refractivity contribution < 1.29 is 19.4 Å². The van der Waals surface area contributed by atoms with E-state index in [1.54, 1.807) is 29.7 Å². The normalized spacial score (nSPS) is 16.3. The minimum Gasteiger partial charge on any atom is -0.505 e. The van der Waals surface area contributed by atoms with Crippen molar-refractivity contribution in [3.8, 4) is 5.75 Å². The standard InChI is InChI=1S/C33H30ClN5O4S2/c1-19(2)14-16-43-23-11-8-10-21(17-23)28-26(29(40)27-20(3)35-25-13-6-7-15-38(25)27)30(41)31(42)39(28)32-36-37-33(45-32)44-18-22-9-4-5-12-24(22)34/h4-13,15,17,19,28,40H,14,16,18H2,1-3H3/b29-26+. The smallest absolute Gasteiger partial charge is 0.301 e. The number of fused-ring (bicyclic) bond motifs is 1. The van der Waals surface area contributed by atoms with Crippen LogP contribution in [0.15, 0.2) is 82.8 Å². The van der Waals surface area contributed by atoms with E-state index in [2.05, 4.69) is 29.0 Å². The van der Waals surface area contributed by atoms with E-state index in [1.807, 2.05) is 54.6 Å². The first-order valence-electron chi connectivity index (χ1n) is 14.4. The Morgan fingerprint density at radius 2 is 1.89 bits per heavy atom. The minimum atomic E-state index is -0.985. The quantitative estimate of drug-likeness (QED) is 0.0540. The number of hydrogen-bond donors (Lipinski definition) is 1. The fourth-order valence-corrected chi connectivity index (χ4v) is 7.32. The highest BCUT2D eigenvalue weighted by molar-refractivity contribution is 8.00. The first-order valence-corrected chi connectivity index (χ1v) is 16.6. The molecular weight excluding hydrogens is 630 g/mol. The molecule has 45 heavy (non-hydrogen) atoms. The average Bonchev–Trinajstić information content (AvgIpc) is 3.70. The van der Waals surface area contributed by atoms with Gasteiger partial charge in [-0.25, -0.2) is 4.98 Å². The van der Waals surface area contributed by atoms with Crippen LogP contribution in [0.25, 0.3) is 11.4 Å². The van der Waals surface area contributed by atoms with E-state index in [0.717, 1.165) is 12.0 Å². The summed E-state index contributed by atoms with van der Waals surface area (Å²) in [5, 5.41) is 21.3. The SMILES string of the molecule is Cc1nc2ccccn2c1/C(O)=C1\C(=O)C(=O)N(c2nnc(SCc3ccccc3Cl)s2)C1c1cccc(OCCC(C)C)c1. The van der Waals surface area contributed by atoms with Crippen molar-refractivity contribution >= 4 is 62.9 Å². The van der Waals surface area contributed by atoms with Crippen LogP contribution in [0.4, 0.5) is 5.13 Å². The van der Waals surface area contributed by atoms with Crippen molar-refractivity contribution in [1.82, 2.24) is 19.6 Å². The third-order valence-corrected chi connectivity index (χ3v) is 9.89. The number of rotatable bonds is 10. The van der Waals surface area contributed by atoms with Crippen LogP contribution in [0.1, 0.15) is 48.8 Å². The largest absolute Gasteiger partial charge is 0.505 e. The fraction of sp³-hybridized carbons (Fsp3) is 0.242. The van der Waals surface area contributed by atoms with E-state index in [-0.39, 0.29) is 16.5 Å². The second kappa shape index (κ2) is 13.0. The van der Waals surface area contributed by atoms with Crippen molar-refractivity contribution in [1.29, 1.82) is 0 Å². The Kier molecular flexibility index (Phi) is 8.93. The van der Waals surface area contributed by atoms with Gasteiger partial charge in [0.1, 0.15) is 17.1 Å². The highest BCUT2D eigenvalue weighted by Crippen LogP contribution is 2.45. The summed E-state index contributed by atoms with van der Waals surface area (Å²) in [7, 11) is 0. The van der Waals surface area contributed by atoms with Crippen molar-refractivity contribution in [3.63, 3.8) is 0 Å². The Labute approximate surface area is 273 Å². The molecule has 1 saturated heterocycles. The summed E-state index contributed by atoms with van der Waals surface area (Å²) < 4.78 is 8.33. The second-order valence-electron chi connectivity index (χ2n) is 11.0. The van der Waals surface area contributed by atoms with Crippen LogP contribution in [-0.4, -0.2) is 43.0 Å². The van der Waals surface area contributed by atoms with Gasteiger partial charge >= 0.3 is 5.91 Å². The number of thioether (sulfide) groups is 1. The molecule has 6 rings (SSSR count). The van der Waals surface area contributed by atoms with Crippen LogP contribution in [-0.2, 0) is 15.3 Å². The van der Waals surface area contributed by atoms with Crippen molar-refractivity contribution in [2.24, 2.45) is 5.92 Å². The summed E-state index contributed by atoms with van der Waals surface area (Å²) in [6.45, 7) is 6.52. The molecule has 0 aliphatic carbocycles. The molecule has 5 aromatic rings. The monoisotopic (exact) mass is 659 g/mol. The number of amides is 1. The van der Waals surface area contributed by atoms with Gasteiger partial charge in [0.2, 0.25) is 5.13 Å². The number of halogens is 1. The molecule has 12 heteroatoms. The molecule has 0 bridgehead atoms. The van der Waals surface area contributed by atoms with Gasteiger partial charge in [0, 0.05) is 17.0 Å². The Morgan fingerprint density at radius 1 is 1.09 bits per heavy atom. The maximum absolute atomic E-state index is 13.8. The van der Waals surface area contributed by atoms with E-state index in [9.17, 15) is 14.7 Å². The molecule has 1 N–H and O–H groups in total. The number of benzene rings is 2. The highest BCUT2D eigenvalue weighted by Gasteiger charge is 2.49. The first-order chi connectivity index (χ1) is 21.7. The number of ether oxygens (including phenoxy) is 1. The summed E-state index contributed by atoms with van der Waals surface area (Å²) in [4.78, 5) is 33.5. The highest BCUT2D eigenvalue weighted by atomic mass is 35.5. The molecule has 2 aromatic carbocycles. The van der Waals surface area contributed by atoms with Gasteiger partial charge in [-0.1, -0.05) is 84.9 Å². The van der Waals surface area contributed by atoms with E-state index in [0.29, 0.717) is 56.0 Å². The van der Waals surface area contributed by atoms with Crippen LogP contribution in [0.3, 0.4) is 0 Å². The zero-order valence-electron chi connectivity index (χ0n) is 24.8. The average molecular weight is 660 g/mol. The number of aliphatic hydroxyl groups is 1. The van der Waals surface area contributed by atoms with Gasteiger partial charge in [-0.15, -0.1) is 10.2 Å². The minimum absolute atomic E-state index is 0.0615. The molecule has 1 unspecified atom stereocenters. The summed E-state index contributed by atoms with van der Waals surface area (Å²) in [6, 6.07) is 19.3. The number of ketones is 1. The molecule has 1 atom stereocenters. The molecule has 0 radical (unpaired) electrons. The third kappa shape index (κ3) is 6.20. The number of aryl methyl sites for hydroxylation is 1. The van der Waals surface area contributed by atoms with E-state index >= 15 is 0 Å². The van der Waals surface area contributed by atoms with Crippen molar-refractivity contribution in [2.75, 3.05) is 11.5 Å². The van der Waals surface area contributed by atoms with Crippen LogP contribution >= 0.6 is 34.7 Å². The summed E-state index contributed by atoms with van der Waals surface area (Å²) >= 11 is 8.96. The number of aliphatic hydroxyl groups excluding tert-OH is 1. The van der Waals surface area contributed by atoms with Crippen LogP contribution in [0, 0.1) is 12.8 Å². The van der Waals surface area contributed by atoms with Gasteiger partial charge < -0.3 is 9.84 Å². The molecule has 1 aliphatic heterocycles. The molecule has 1 amide bonds. The number of anilines is 1. The number of nitrogens with zero attached hydrogens (tertiary/aromatic N) is 5. The molecular formula is C33H30ClN5O4S2. The van der Waals surface area contributed by atoms with Crippen LogP contribution in [0.2, 0.25) is 5.02 Å². The lowest BCUT2D eigenvalue weighted by molar-refractivity contribution is -0.132. The maximum Gasteiger partial charge on any atom is 0.301 e. The number of aromatic nitrogens is 4. The number of pyridine rings is 1. The van der Waals surface area contributed by atoms with E-state index in [1.165, 1.54) is 28.0 Å². The Hall–Kier alpha value is -4.19. The lowest BCUT2D eigenvalue weighted by Gasteiger charge is -2.23. The maximum atomic E-state index is 13.8. The van der Waals surface area contributed by atoms with E-state index < -0.39 is 17.7 Å². The summed E-state index contributed by atoms with van der Waals surface area (Å²) in [6.07, 6.45) is 2.63. The first kappa shape index (κ1) is 30.8. The molecule has 3 aromatic heterocycles. The Balaban J connectivity index is 1.43. The molecule has 1 aliphatic rings. The second-order valence-corrected chi connectivity index (χ2v) is 13.6. The van der Waals surface area contributed by atoms with Crippen LogP contribution in [0.5, 0.6) is 5.75 Å². The topological polar surface area (TPSA) is 110 Å². The zero-order valence-corrected chi connectivity index (χ0v) is 27.2. The number of carbonyl (C=O) groups is 2. The van der Waals surface area contributed by atoms with Gasteiger partial charge in [0.05, 0.1) is 23.9 Å².